The fourth-order valence-electron chi connectivity index (χ4n) is 0.511. The fraction of sp³-hybridized carbons (Fsp3) is 0.600. The summed E-state index contributed by atoms with van der Waals surface area (Å²) < 4.78 is 0. The highest BCUT2D eigenvalue weighted by molar-refractivity contribution is 6.28. The van der Waals surface area contributed by atoms with Crippen LogP contribution in [0, 0.1) is 0 Å². The first-order valence-corrected chi connectivity index (χ1v) is 3.15. The summed E-state index contributed by atoms with van der Waals surface area (Å²) in [5, 5.41) is 6.67. The Morgan fingerprint density at radius 3 is 2.44 bits per heavy atom. The van der Waals surface area contributed by atoms with Crippen LogP contribution in [-0.4, -0.2) is 15.2 Å². The van der Waals surface area contributed by atoms with Gasteiger partial charge in [-0.25, -0.2) is 4.98 Å². The Balaban J connectivity index is 2.85. The summed E-state index contributed by atoms with van der Waals surface area (Å²) in [6.07, 6.45) is 0. The zero-order valence-electron chi connectivity index (χ0n) is 5.35. The van der Waals surface area contributed by atoms with Crippen molar-refractivity contribution in [3.8, 4) is 0 Å². The van der Waals surface area contributed by atoms with Crippen molar-refractivity contribution in [3.63, 3.8) is 0 Å². The maximum Gasteiger partial charge on any atom is 0.242 e. The molecule has 0 unspecified atom stereocenters. The minimum Gasteiger partial charge on any atom is -0.262 e. The van der Waals surface area contributed by atoms with E-state index in [1.807, 2.05) is 13.8 Å². The van der Waals surface area contributed by atoms with Crippen LogP contribution in [0.3, 0.4) is 0 Å². The zero-order valence-corrected chi connectivity index (χ0v) is 6.11. The number of rotatable bonds is 1. The Morgan fingerprint density at radius 2 is 2.22 bits per heavy atom. The van der Waals surface area contributed by atoms with Crippen LogP contribution in [-0.2, 0) is 0 Å². The third kappa shape index (κ3) is 1.42. The molecule has 3 nitrogen and oxygen atoms in total. The first-order chi connectivity index (χ1) is 4.20. The van der Waals surface area contributed by atoms with E-state index in [1.54, 1.807) is 0 Å². The van der Waals surface area contributed by atoms with Crippen LogP contribution in [0.1, 0.15) is 25.6 Å². The Kier molecular flexibility index (Phi) is 1.71. The third-order valence-electron chi connectivity index (χ3n) is 1.02. The predicted molar refractivity (Wildman–Crippen MR) is 35.5 cm³/mol. The minimum atomic E-state index is 0.290. The van der Waals surface area contributed by atoms with Gasteiger partial charge in [0.05, 0.1) is 0 Å². The summed E-state index contributed by atoms with van der Waals surface area (Å²) in [6.45, 7) is 4.05. The van der Waals surface area contributed by atoms with Crippen LogP contribution in [0.15, 0.2) is 0 Å². The molecule has 1 heterocycles. The van der Waals surface area contributed by atoms with Crippen LogP contribution in [0.4, 0.5) is 0 Å². The van der Waals surface area contributed by atoms with E-state index in [-0.39, 0.29) is 0 Å². The van der Waals surface area contributed by atoms with Gasteiger partial charge in [-0.15, -0.1) is 5.10 Å². The van der Waals surface area contributed by atoms with Crippen molar-refractivity contribution in [2.24, 2.45) is 0 Å². The van der Waals surface area contributed by atoms with E-state index in [9.17, 15) is 0 Å². The maximum absolute atomic E-state index is 5.45. The monoisotopic (exact) mass is 145 g/mol. The SMILES string of the molecule is CC(C)c1nc(Cl)n[nH]1. The van der Waals surface area contributed by atoms with Gasteiger partial charge in [0, 0.05) is 5.92 Å². The second-order valence-electron chi connectivity index (χ2n) is 2.14. The molecular formula is C5H8ClN3. The van der Waals surface area contributed by atoms with Crippen molar-refractivity contribution in [3.05, 3.63) is 11.1 Å². The molecule has 0 spiro atoms. The van der Waals surface area contributed by atoms with Crippen molar-refractivity contribution in [1.29, 1.82) is 0 Å². The molecule has 0 saturated carbocycles. The Hall–Kier alpha value is -0.570. The molecule has 0 bridgehead atoms. The molecule has 0 radical (unpaired) electrons. The number of hydrogen-bond acceptors (Lipinski definition) is 2. The highest BCUT2D eigenvalue weighted by Gasteiger charge is 2.02. The molecule has 0 aliphatic rings. The normalized spacial score (nSPS) is 10.7. The Bertz CT molecular complexity index is 194. The quantitative estimate of drug-likeness (QED) is 0.652. The molecule has 1 rings (SSSR count). The standard InChI is InChI=1S/C5H8ClN3/c1-3(2)4-7-5(6)9-8-4/h3H,1-2H3,(H,7,8,9). The molecule has 0 saturated heterocycles. The molecule has 0 atom stereocenters. The van der Waals surface area contributed by atoms with Gasteiger partial charge in [0.1, 0.15) is 5.82 Å². The van der Waals surface area contributed by atoms with E-state index < -0.39 is 0 Å². The Labute approximate surface area is 58.4 Å². The van der Waals surface area contributed by atoms with Crippen LogP contribution < -0.4 is 0 Å². The van der Waals surface area contributed by atoms with Crippen molar-refractivity contribution >= 4 is 11.6 Å². The van der Waals surface area contributed by atoms with Gasteiger partial charge in [-0.1, -0.05) is 13.8 Å². The fourth-order valence-corrected chi connectivity index (χ4v) is 0.644. The zero-order chi connectivity index (χ0) is 6.85. The molecule has 0 aliphatic heterocycles. The second-order valence-corrected chi connectivity index (χ2v) is 2.48. The topological polar surface area (TPSA) is 41.6 Å². The summed E-state index contributed by atoms with van der Waals surface area (Å²) in [5.74, 6) is 1.20. The maximum atomic E-state index is 5.45. The van der Waals surface area contributed by atoms with E-state index in [2.05, 4.69) is 15.2 Å². The molecule has 1 N–H and O–H groups in total. The number of aromatic nitrogens is 3. The third-order valence-corrected chi connectivity index (χ3v) is 1.19. The molecule has 9 heavy (non-hydrogen) atoms. The second kappa shape index (κ2) is 2.35. The summed E-state index contributed by atoms with van der Waals surface area (Å²) in [4.78, 5) is 3.91. The van der Waals surface area contributed by atoms with Gasteiger partial charge in [0.2, 0.25) is 5.28 Å². The molecule has 1 aromatic heterocycles. The van der Waals surface area contributed by atoms with Crippen molar-refractivity contribution < 1.29 is 0 Å². The molecular weight excluding hydrogens is 138 g/mol. The summed E-state index contributed by atoms with van der Waals surface area (Å²) in [5.41, 5.74) is 0. The lowest BCUT2D eigenvalue weighted by atomic mass is 10.2. The van der Waals surface area contributed by atoms with Crippen molar-refractivity contribution in [2.75, 3.05) is 0 Å². The number of nitrogens with zero attached hydrogens (tertiary/aromatic N) is 2. The van der Waals surface area contributed by atoms with Gasteiger partial charge in [0.15, 0.2) is 0 Å². The summed E-state index contributed by atoms with van der Waals surface area (Å²) in [7, 11) is 0. The number of nitrogens with one attached hydrogen (secondary N) is 1. The predicted octanol–water partition coefficient (Wildman–Crippen LogP) is 1.58. The summed E-state index contributed by atoms with van der Waals surface area (Å²) >= 11 is 5.45. The molecule has 0 aromatic carbocycles. The number of aromatic amines is 1. The smallest absolute Gasteiger partial charge is 0.242 e. The number of hydrogen-bond donors (Lipinski definition) is 1. The average Bonchev–Trinajstić information content (AvgIpc) is 2.14. The molecule has 4 heteroatoms. The Morgan fingerprint density at radius 1 is 1.56 bits per heavy atom. The van der Waals surface area contributed by atoms with E-state index in [4.69, 9.17) is 11.6 Å². The van der Waals surface area contributed by atoms with Gasteiger partial charge in [0.25, 0.3) is 0 Å². The molecule has 1 aromatic rings. The molecule has 0 amide bonds. The number of halogens is 1. The van der Waals surface area contributed by atoms with Gasteiger partial charge in [-0.3, -0.25) is 5.10 Å². The molecule has 0 aliphatic carbocycles. The van der Waals surface area contributed by atoms with E-state index in [1.165, 1.54) is 0 Å². The summed E-state index contributed by atoms with van der Waals surface area (Å²) in [6, 6.07) is 0. The van der Waals surface area contributed by atoms with Crippen LogP contribution in [0.5, 0.6) is 0 Å². The lowest BCUT2D eigenvalue weighted by molar-refractivity contribution is 0.781. The van der Waals surface area contributed by atoms with Crippen molar-refractivity contribution in [2.45, 2.75) is 19.8 Å². The van der Waals surface area contributed by atoms with Gasteiger partial charge >= 0.3 is 0 Å². The highest BCUT2D eigenvalue weighted by atomic mass is 35.5. The van der Waals surface area contributed by atoms with E-state index in [0.29, 0.717) is 11.2 Å². The lowest BCUT2D eigenvalue weighted by Crippen LogP contribution is -1.88. The van der Waals surface area contributed by atoms with Gasteiger partial charge in [-0.2, -0.15) is 0 Å². The largest absolute Gasteiger partial charge is 0.262 e. The minimum absolute atomic E-state index is 0.290. The number of H-pyrrole nitrogens is 1. The van der Waals surface area contributed by atoms with Crippen LogP contribution in [0.2, 0.25) is 5.28 Å². The van der Waals surface area contributed by atoms with Crippen LogP contribution >= 0.6 is 11.6 Å². The van der Waals surface area contributed by atoms with Crippen LogP contribution in [0.25, 0.3) is 0 Å². The van der Waals surface area contributed by atoms with E-state index >= 15 is 0 Å². The lowest BCUT2D eigenvalue weighted by Gasteiger charge is -1.93. The average molecular weight is 146 g/mol. The highest BCUT2D eigenvalue weighted by Crippen LogP contribution is 2.09. The molecule has 0 fully saturated rings. The van der Waals surface area contributed by atoms with Gasteiger partial charge < -0.3 is 0 Å². The molecule has 50 valence electrons. The first-order valence-electron chi connectivity index (χ1n) is 2.78. The first kappa shape index (κ1) is 6.55. The van der Waals surface area contributed by atoms with Crippen molar-refractivity contribution in [1.82, 2.24) is 15.2 Å². The van der Waals surface area contributed by atoms with Gasteiger partial charge in [-0.05, 0) is 11.6 Å². The van der Waals surface area contributed by atoms with E-state index in [0.717, 1.165) is 5.82 Å².